The van der Waals surface area contributed by atoms with E-state index in [2.05, 4.69) is 13.8 Å². The third-order valence-electron chi connectivity index (χ3n) is 7.27. The molecule has 2 saturated carbocycles. The average Bonchev–Trinajstić information content (AvgIpc) is 2.80. The van der Waals surface area contributed by atoms with Crippen LogP contribution in [-0.4, -0.2) is 33.3 Å². The molecule has 2 fully saturated rings. The van der Waals surface area contributed by atoms with Crippen LogP contribution in [0.15, 0.2) is 0 Å². The minimum atomic E-state index is 0.381. The first-order valence-electron chi connectivity index (χ1n) is 14.2. The predicted molar refractivity (Wildman–Crippen MR) is 131 cm³/mol. The molecule has 2 aliphatic carbocycles. The molecule has 2 aliphatic rings. The van der Waals surface area contributed by atoms with Crippen LogP contribution in [0.5, 0.6) is 0 Å². The van der Waals surface area contributed by atoms with E-state index in [0.29, 0.717) is 33.4 Å². The molecule has 0 heterocycles. The lowest BCUT2D eigenvalue weighted by molar-refractivity contribution is -0.726. The van der Waals surface area contributed by atoms with Crippen LogP contribution in [0.3, 0.4) is 0 Å². The third kappa shape index (κ3) is 13.8. The Bertz CT molecular complexity index is 350. The van der Waals surface area contributed by atoms with Crippen LogP contribution >= 0.6 is 0 Å². The molecular formula is C28H54IO2+. The molecule has 0 aliphatic heterocycles. The van der Waals surface area contributed by atoms with E-state index in [4.69, 9.17) is 9.47 Å². The van der Waals surface area contributed by atoms with Crippen LogP contribution < -0.4 is 21.2 Å². The van der Waals surface area contributed by atoms with Crippen molar-refractivity contribution in [3.63, 3.8) is 0 Å². The molecule has 0 atom stereocenters. The van der Waals surface area contributed by atoms with Gasteiger partial charge in [0.1, 0.15) is 0 Å². The highest BCUT2D eigenvalue weighted by atomic mass is 127. The van der Waals surface area contributed by atoms with Crippen molar-refractivity contribution in [2.24, 2.45) is 0 Å². The van der Waals surface area contributed by atoms with Crippen LogP contribution in [0.1, 0.15) is 142 Å². The van der Waals surface area contributed by atoms with Crippen molar-refractivity contribution < 1.29 is 30.7 Å². The molecule has 0 unspecified atom stereocenters. The highest BCUT2D eigenvalue weighted by Crippen LogP contribution is 2.22. The number of halogens is 1. The SMILES string of the molecule is CCCCCCCCOC1CCC([I+]C2CCC(OCCCCCCCC)CC2)CC1. The van der Waals surface area contributed by atoms with Gasteiger partial charge in [-0.1, -0.05) is 78.1 Å². The summed E-state index contributed by atoms with van der Waals surface area (Å²) in [6, 6.07) is 0. The lowest BCUT2D eigenvalue weighted by Gasteiger charge is -2.27. The van der Waals surface area contributed by atoms with Gasteiger partial charge in [0.05, 0.1) is 12.2 Å². The summed E-state index contributed by atoms with van der Waals surface area (Å²) < 4.78 is 14.6. The van der Waals surface area contributed by atoms with Crippen molar-refractivity contribution in [3.8, 4) is 0 Å². The molecule has 0 spiro atoms. The Balaban J connectivity index is 1.41. The van der Waals surface area contributed by atoms with Gasteiger partial charge in [-0.25, -0.2) is 0 Å². The van der Waals surface area contributed by atoms with E-state index in [1.54, 1.807) is 0 Å². The second kappa shape index (κ2) is 19.0. The number of ether oxygens (including phenoxy) is 2. The van der Waals surface area contributed by atoms with Crippen molar-refractivity contribution in [1.29, 1.82) is 0 Å². The fourth-order valence-electron chi connectivity index (χ4n) is 5.15. The molecule has 0 aromatic carbocycles. The van der Waals surface area contributed by atoms with Crippen LogP contribution in [-0.2, 0) is 9.47 Å². The standard InChI is InChI=1S/C28H54IO2/c1-3-5-7-9-11-13-23-30-27-19-15-25(16-20-27)29-26-17-21-28(22-18-26)31-24-14-12-10-8-6-4-2/h25-28H,3-24H2,1-2H3/q+1. The van der Waals surface area contributed by atoms with Gasteiger partial charge in [-0.15, -0.1) is 0 Å². The Kier molecular flexibility index (Phi) is 17.1. The first kappa shape index (κ1) is 27.9. The molecule has 0 aromatic rings. The smallest absolute Gasteiger partial charge is 0.275 e. The summed E-state index contributed by atoms with van der Waals surface area (Å²) in [4.78, 5) is 0. The van der Waals surface area contributed by atoms with Crippen molar-refractivity contribution in [2.75, 3.05) is 13.2 Å². The van der Waals surface area contributed by atoms with E-state index >= 15 is 0 Å². The maximum absolute atomic E-state index is 6.21. The van der Waals surface area contributed by atoms with Gasteiger partial charge in [-0.05, 0) is 64.2 Å². The molecular weight excluding hydrogens is 495 g/mol. The van der Waals surface area contributed by atoms with Crippen molar-refractivity contribution in [1.82, 2.24) is 0 Å². The van der Waals surface area contributed by atoms with Gasteiger partial charge in [-0.2, -0.15) is 0 Å². The second-order valence-electron chi connectivity index (χ2n) is 10.2. The summed E-state index contributed by atoms with van der Waals surface area (Å²) in [6.45, 7) is 6.61. The average molecular weight is 550 g/mol. The molecule has 31 heavy (non-hydrogen) atoms. The zero-order valence-corrected chi connectivity index (χ0v) is 23.2. The molecule has 184 valence electrons. The predicted octanol–water partition coefficient (Wildman–Crippen LogP) is 5.45. The van der Waals surface area contributed by atoms with Gasteiger partial charge < -0.3 is 9.47 Å². The van der Waals surface area contributed by atoms with Gasteiger partial charge in [0.2, 0.25) is 0 Å². The molecule has 0 bridgehead atoms. The van der Waals surface area contributed by atoms with Gasteiger partial charge in [-0.3, -0.25) is 0 Å². The van der Waals surface area contributed by atoms with Crippen molar-refractivity contribution in [2.45, 2.75) is 162 Å². The van der Waals surface area contributed by atoms with E-state index in [0.717, 1.165) is 21.1 Å². The maximum atomic E-state index is 6.21. The van der Waals surface area contributed by atoms with Crippen LogP contribution in [0, 0.1) is 0 Å². The quantitative estimate of drug-likeness (QED) is 0.129. The van der Waals surface area contributed by atoms with Crippen LogP contribution in [0.2, 0.25) is 0 Å². The lowest BCUT2D eigenvalue weighted by Crippen LogP contribution is -3.68. The second-order valence-corrected chi connectivity index (χ2v) is 14.4. The third-order valence-corrected chi connectivity index (χ3v) is 11.8. The topological polar surface area (TPSA) is 18.5 Å². The minimum Gasteiger partial charge on any atom is -0.378 e. The number of rotatable bonds is 18. The highest BCUT2D eigenvalue weighted by molar-refractivity contribution is 4.75. The van der Waals surface area contributed by atoms with E-state index < -0.39 is 0 Å². The zero-order valence-electron chi connectivity index (χ0n) is 21.1. The molecule has 0 N–H and O–H groups in total. The summed E-state index contributed by atoms with van der Waals surface area (Å²) in [5.74, 6) is 0. The van der Waals surface area contributed by atoms with E-state index in [1.165, 1.54) is 128 Å². The van der Waals surface area contributed by atoms with Gasteiger partial charge in [0.25, 0.3) is 21.2 Å². The normalized spacial score (nSPS) is 26.9. The number of alkyl halides is 2. The van der Waals surface area contributed by atoms with Crippen molar-refractivity contribution >= 4 is 0 Å². The molecule has 0 saturated heterocycles. The van der Waals surface area contributed by atoms with Gasteiger partial charge in [0, 0.05) is 13.2 Å². The van der Waals surface area contributed by atoms with Crippen molar-refractivity contribution in [3.05, 3.63) is 0 Å². The van der Waals surface area contributed by atoms with E-state index in [-0.39, 0.29) is 0 Å². The molecule has 0 aromatic heterocycles. The molecule has 0 radical (unpaired) electrons. The monoisotopic (exact) mass is 549 g/mol. The van der Waals surface area contributed by atoms with Gasteiger partial charge >= 0.3 is 0 Å². The fourth-order valence-corrected chi connectivity index (χ4v) is 9.46. The number of unbranched alkanes of at least 4 members (excludes halogenated alkanes) is 10. The van der Waals surface area contributed by atoms with Crippen LogP contribution in [0.25, 0.3) is 0 Å². The Morgan fingerprint density at radius 2 is 0.839 bits per heavy atom. The summed E-state index contributed by atoms with van der Waals surface area (Å²) in [6.07, 6.45) is 28.8. The highest BCUT2D eigenvalue weighted by Gasteiger charge is 2.37. The first-order valence-corrected chi connectivity index (χ1v) is 16.7. The van der Waals surface area contributed by atoms with Crippen LogP contribution in [0.4, 0.5) is 0 Å². The summed E-state index contributed by atoms with van der Waals surface area (Å²) in [7, 11) is 0. The molecule has 0 amide bonds. The van der Waals surface area contributed by atoms with E-state index in [9.17, 15) is 0 Å². The number of hydrogen-bond acceptors (Lipinski definition) is 2. The Morgan fingerprint density at radius 1 is 0.484 bits per heavy atom. The number of hydrogen-bond donors (Lipinski definition) is 0. The molecule has 2 rings (SSSR count). The Labute approximate surface area is 205 Å². The lowest BCUT2D eigenvalue weighted by atomic mass is 9.97. The Hall–Kier alpha value is 0.650. The zero-order chi connectivity index (χ0) is 22.0. The Morgan fingerprint density at radius 3 is 1.23 bits per heavy atom. The first-order chi connectivity index (χ1) is 15.3. The van der Waals surface area contributed by atoms with Gasteiger partial charge in [0.15, 0.2) is 7.85 Å². The fraction of sp³-hybridized carbons (Fsp3) is 1.00. The summed E-state index contributed by atoms with van der Waals surface area (Å²) in [5, 5.41) is 0. The maximum Gasteiger partial charge on any atom is 0.275 e. The molecule has 2 nitrogen and oxygen atoms in total. The largest absolute Gasteiger partial charge is 0.378 e. The molecule has 3 heteroatoms. The van der Waals surface area contributed by atoms with E-state index in [1.807, 2.05) is 0 Å². The summed E-state index contributed by atoms with van der Waals surface area (Å²) >= 11 is 0.381. The minimum absolute atomic E-state index is 0.381. The summed E-state index contributed by atoms with van der Waals surface area (Å²) in [5.41, 5.74) is 0.